The molecule has 0 atom stereocenters. The Morgan fingerprint density at radius 1 is 1.06 bits per heavy atom. The molecule has 0 spiro atoms. The van der Waals surface area contributed by atoms with Gasteiger partial charge in [-0.25, -0.2) is 4.39 Å². The van der Waals surface area contributed by atoms with Gasteiger partial charge in [-0.3, -0.25) is 4.79 Å². The maximum absolute atomic E-state index is 13.0. The lowest BCUT2D eigenvalue weighted by Gasteiger charge is -2.12. The molecule has 0 aromatic heterocycles. The second kappa shape index (κ2) is 9.83. The molecule has 0 fully saturated rings. The summed E-state index contributed by atoms with van der Waals surface area (Å²) < 4.78 is 43.5. The van der Waals surface area contributed by atoms with E-state index in [4.69, 9.17) is 27.4 Å². The number of carbonyl (C=O) groups excluding carboxylic acids is 1. The third kappa shape index (κ3) is 5.65. The fourth-order valence-electron chi connectivity index (χ4n) is 2.56. The lowest BCUT2D eigenvalue weighted by molar-refractivity contribution is -0.112. The van der Waals surface area contributed by atoms with Gasteiger partial charge in [0.15, 0.2) is 5.75 Å². The van der Waals surface area contributed by atoms with Gasteiger partial charge in [-0.1, -0.05) is 41.4 Å². The molecule has 0 bridgehead atoms. The monoisotopic (exact) mass is 490 g/mol. The third-order valence-electron chi connectivity index (χ3n) is 4.03. The zero-order chi connectivity index (χ0) is 23.3. The quantitative estimate of drug-likeness (QED) is 0.281. The van der Waals surface area contributed by atoms with Crippen molar-refractivity contribution in [1.82, 2.24) is 0 Å². The lowest BCUT2D eigenvalue weighted by atomic mass is 10.1. The molecule has 0 saturated carbocycles. The molecule has 0 aliphatic carbocycles. The zero-order valence-electron chi connectivity index (χ0n) is 16.1. The van der Waals surface area contributed by atoms with Crippen LogP contribution in [-0.2, 0) is 14.9 Å². The van der Waals surface area contributed by atoms with E-state index in [1.54, 1.807) is 12.1 Å². The van der Waals surface area contributed by atoms with Gasteiger partial charge in [-0.05, 0) is 54.6 Å². The first kappa shape index (κ1) is 23.3. The number of nitriles is 1. The first-order chi connectivity index (χ1) is 15.2. The minimum atomic E-state index is -4.26. The molecule has 1 N–H and O–H groups in total. The largest absolute Gasteiger partial charge is 0.377 e. The van der Waals surface area contributed by atoms with Crippen LogP contribution < -0.4 is 9.50 Å². The molecular weight excluding hydrogens is 478 g/mol. The maximum atomic E-state index is 13.0. The number of nitrogens with zero attached hydrogens (tertiary/aromatic N) is 1. The van der Waals surface area contributed by atoms with Gasteiger partial charge in [-0.2, -0.15) is 13.7 Å². The van der Waals surface area contributed by atoms with Crippen LogP contribution in [0.1, 0.15) is 5.56 Å². The maximum Gasteiger partial charge on any atom is 0.339 e. The predicted octanol–water partition coefficient (Wildman–Crippen LogP) is 5.45. The summed E-state index contributed by atoms with van der Waals surface area (Å²) in [6, 6.07) is 16.6. The molecule has 3 rings (SSSR count). The first-order valence-electron chi connectivity index (χ1n) is 8.87. The van der Waals surface area contributed by atoms with E-state index in [2.05, 4.69) is 5.32 Å². The van der Waals surface area contributed by atoms with Crippen LogP contribution >= 0.6 is 23.2 Å². The van der Waals surface area contributed by atoms with Crippen molar-refractivity contribution < 1.29 is 21.8 Å². The summed E-state index contributed by atoms with van der Waals surface area (Å²) in [4.78, 5) is 12.4. The minimum Gasteiger partial charge on any atom is -0.377 e. The van der Waals surface area contributed by atoms with Gasteiger partial charge in [0.1, 0.15) is 22.4 Å². The number of benzene rings is 3. The van der Waals surface area contributed by atoms with Crippen molar-refractivity contribution in [3.8, 4) is 11.8 Å². The Morgan fingerprint density at radius 3 is 2.34 bits per heavy atom. The Hall–Kier alpha value is -3.38. The second-order valence-corrected chi connectivity index (χ2v) is 8.68. The van der Waals surface area contributed by atoms with Gasteiger partial charge < -0.3 is 9.50 Å². The number of hydrogen-bond donors (Lipinski definition) is 1. The highest BCUT2D eigenvalue weighted by atomic mass is 35.5. The van der Waals surface area contributed by atoms with Crippen LogP contribution in [-0.4, -0.2) is 14.3 Å². The van der Waals surface area contributed by atoms with Crippen LogP contribution in [0.2, 0.25) is 10.0 Å². The highest BCUT2D eigenvalue weighted by Crippen LogP contribution is 2.36. The number of hydrogen-bond acceptors (Lipinski definition) is 5. The molecule has 0 heterocycles. The van der Waals surface area contributed by atoms with E-state index in [9.17, 15) is 22.9 Å². The normalized spacial score (nSPS) is 11.5. The Morgan fingerprint density at radius 2 is 1.72 bits per heavy atom. The number of amides is 1. The second-order valence-electron chi connectivity index (χ2n) is 6.29. The molecule has 32 heavy (non-hydrogen) atoms. The lowest BCUT2D eigenvalue weighted by Crippen LogP contribution is -2.14. The summed E-state index contributed by atoms with van der Waals surface area (Å²) in [6.07, 6.45) is 1.09. The highest BCUT2D eigenvalue weighted by Gasteiger charge is 2.22. The van der Waals surface area contributed by atoms with Crippen molar-refractivity contribution >= 4 is 51.0 Å². The molecule has 0 aliphatic rings. The summed E-state index contributed by atoms with van der Waals surface area (Å²) in [5.74, 6) is -1.61. The Bertz CT molecular complexity index is 1340. The van der Waals surface area contributed by atoms with Crippen molar-refractivity contribution in [2.75, 3.05) is 5.32 Å². The Balaban J connectivity index is 1.99. The van der Waals surface area contributed by atoms with Crippen LogP contribution in [0.3, 0.4) is 0 Å². The average Bonchev–Trinajstić information content (AvgIpc) is 2.76. The molecule has 162 valence electrons. The summed E-state index contributed by atoms with van der Waals surface area (Å²) in [6.45, 7) is 0. The molecule has 10 heteroatoms. The van der Waals surface area contributed by atoms with Crippen molar-refractivity contribution in [1.29, 1.82) is 5.26 Å². The molecular formula is C22H13Cl2FN2O4S. The Labute approximate surface area is 193 Å². The van der Waals surface area contributed by atoms with Gasteiger partial charge >= 0.3 is 10.1 Å². The average molecular weight is 491 g/mol. The van der Waals surface area contributed by atoms with Crippen LogP contribution in [0.5, 0.6) is 5.75 Å². The summed E-state index contributed by atoms with van der Waals surface area (Å²) in [5.41, 5.74) is -0.146. The van der Waals surface area contributed by atoms with Crippen molar-refractivity contribution in [2.45, 2.75) is 4.90 Å². The summed E-state index contributed by atoms with van der Waals surface area (Å²) in [7, 11) is -4.26. The van der Waals surface area contributed by atoms with Gasteiger partial charge in [0.05, 0.1) is 5.02 Å². The smallest absolute Gasteiger partial charge is 0.339 e. The number of rotatable bonds is 6. The van der Waals surface area contributed by atoms with E-state index < -0.39 is 27.4 Å². The van der Waals surface area contributed by atoms with E-state index in [1.165, 1.54) is 48.5 Å². The van der Waals surface area contributed by atoms with E-state index in [1.807, 2.05) is 0 Å². The standard InChI is InChI=1S/C22H13Cl2FN2O4S/c23-16-11-14(10-15(13-26)22(28)27-18-8-6-17(25)7-9-18)21(20(24)12-16)31-32(29,30)19-4-2-1-3-5-19/h1-12H,(H,27,28)/b15-10+. The fourth-order valence-corrected chi connectivity index (χ4v) is 4.14. The van der Waals surface area contributed by atoms with Crippen molar-refractivity contribution in [3.05, 3.63) is 93.7 Å². The van der Waals surface area contributed by atoms with Crippen LogP contribution in [0, 0.1) is 17.1 Å². The van der Waals surface area contributed by atoms with Gasteiger partial charge in [0.25, 0.3) is 5.91 Å². The van der Waals surface area contributed by atoms with Crippen LogP contribution in [0.25, 0.3) is 6.08 Å². The van der Waals surface area contributed by atoms with E-state index in [0.717, 1.165) is 18.2 Å². The van der Waals surface area contributed by atoms with Gasteiger partial charge in [-0.15, -0.1) is 0 Å². The summed E-state index contributed by atoms with van der Waals surface area (Å²) >= 11 is 12.2. The van der Waals surface area contributed by atoms with Crippen LogP contribution in [0.4, 0.5) is 10.1 Å². The molecule has 0 radical (unpaired) electrons. The Kier molecular flexibility index (Phi) is 7.15. The molecule has 0 aliphatic heterocycles. The molecule has 0 saturated heterocycles. The molecule has 0 unspecified atom stereocenters. The van der Waals surface area contributed by atoms with Crippen molar-refractivity contribution in [2.24, 2.45) is 0 Å². The number of carbonyl (C=O) groups is 1. The number of nitrogens with one attached hydrogen (secondary N) is 1. The number of anilines is 1. The molecule has 3 aromatic rings. The van der Waals surface area contributed by atoms with E-state index >= 15 is 0 Å². The number of halogens is 3. The predicted molar refractivity (Wildman–Crippen MR) is 119 cm³/mol. The summed E-state index contributed by atoms with van der Waals surface area (Å²) in [5, 5.41) is 11.9. The zero-order valence-corrected chi connectivity index (χ0v) is 18.4. The van der Waals surface area contributed by atoms with E-state index in [-0.39, 0.29) is 31.9 Å². The van der Waals surface area contributed by atoms with Crippen molar-refractivity contribution in [3.63, 3.8) is 0 Å². The van der Waals surface area contributed by atoms with E-state index in [0.29, 0.717) is 0 Å². The topological polar surface area (TPSA) is 96.3 Å². The highest BCUT2D eigenvalue weighted by molar-refractivity contribution is 7.87. The van der Waals surface area contributed by atoms with Crippen LogP contribution in [0.15, 0.2) is 77.2 Å². The fraction of sp³-hybridized carbons (Fsp3) is 0. The third-order valence-corrected chi connectivity index (χ3v) is 5.76. The molecule has 3 aromatic carbocycles. The molecule has 6 nitrogen and oxygen atoms in total. The van der Waals surface area contributed by atoms with Gasteiger partial charge in [0.2, 0.25) is 0 Å². The molecule has 1 amide bonds. The first-order valence-corrected chi connectivity index (χ1v) is 11.0. The minimum absolute atomic E-state index is 0.00666. The van der Waals surface area contributed by atoms with Gasteiger partial charge in [0, 0.05) is 16.3 Å². The SMILES string of the molecule is N#C/C(=C\c1cc(Cl)cc(Cl)c1OS(=O)(=O)c1ccccc1)C(=O)Nc1ccc(F)cc1.